The van der Waals surface area contributed by atoms with E-state index in [4.69, 9.17) is 0 Å². The number of primary amides is 1. The molecule has 0 aromatic carbocycles. The van der Waals surface area contributed by atoms with Gasteiger partial charge in [-0.25, -0.2) is 0 Å². The van der Waals surface area contributed by atoms with Crippen LogP contribution in [0.2, 0.25) is 0 Å². The van der Waals surface area contributed by atoms with E-state index < -0.39 is 14.4 Å². The summed E-state index contributed by atoms with van der Waals surface area (Å²) >= 11 is 0. The highest BCUT2D eigenvalue weighted by molar-refractivity contribution is 7.25. The largest absolute Gasteiger partial charge is 0.369 e. The Morgan fingerprint density at radius 3 is 2.33 bits per heavy atom. The molecule has 0 saturated carbocycles. The van der Waals surface area contributed by atoms with Crippen LogP contribution >= 0.6 is 8.46 Å². The Kier molecular flexibility index (Phi) is 2.77. The van der Waals surface area contributed by atoms with E-state index in [-0.39, 0.29) is 6.16 Å². The molecule has 0 heterocycles. The summed E-state index contributed by atoms with van der Waals surface area (Å²) < 4.78 is 9.52. The first-order chi connectivity index (χ1) is 2.77. The molecular formula is C2H6NO2P. The molecule has 0 bridgehead atoms. The number of nitrogens with two attached hydrogens (primary N) is 1. The predicted octanol–water partition coefficient (Wildman–Crippen LogP) is -0.772. The molecule has 36 valence electrons. The van der Waals surface area contributed by atoms with Crippen molar-refractivity contribution < 1.29 is 9.36 Å². The van der Waals surface area contributed by atoms with Gasteiger partial charge in [0.1, 0.15) is 0 Å². The molecule has 0 saturated heterocycles. The molecule has 0 fully saturated rings. The van der Waals surface area contributed by atoms with E-state index in [1.807, 2.05) is 0 Å². The van der Waals surface area contributed by atoms with Crippen LogP contribution in [0.15, 0.2) is 0 Å². The van der Waals surface area contributed by atoms with Crippen LogP contribution in [0, 0.1) is 0 Å². The second-order valence-electron chi connectivity index (χ2n) is 0.837. The van der Waals surface area contributed by atoms with Crippen LogP contribution in [0.3, 0.4) is 0 Å². The van der Waals surface area contributed by atoms with Gasteiger partial charge in [-0.15, -0.1) is 0 Å². The van der Waals surface area contributed by atoms with Gasteiger partial charge in [0.15, 0.2) is 0 Å². The van der Waals surface area contributed by atoms with Gasteiger partial charge in [-0.2, -0.15) is 0 Å². The average molecular weight is 107 g/mol. The maximum atomic E-state index is 9.64. The molecule has 3 nitrogen and oxygen atoms in total. The second-order valence-corrected chi connectivity index (χ2v) is 1.58. The van der Waals surface area contributed by atoms with Crippen LogP contribution in [0.1, 0.15) is 0 Å². The minimum absolute atomic E-state index is 0.0417. The fraction of sp³-hybridized carbons (Fsp3) is 0.500. The molecule has 0 aliphatic carbocycles. The van der Waals surface area contributed by atoms with Crippen molar-refractivity contribution in [2.24, 2.45) is 5.73 Å². The number of carbonyl (C=O) groups excluding carboxylic acids is 1. The third-order valence-electron chi connectivity index (χ3n) is 0.285. The number of rotatable bonds is 2. The fourth-order valence-electron chi connectivity index (χ4n) is 0.0821. The zero-order valence-electron chi connectivity index (χ0n) is 3.18. The van der Waals surface area contributed by atoms with Gasteiger partial charge < -0.3 is 10.3 Å². The minimum Gasteiger partial charge on any atom is -0.369 e. The molecule has 0 aromatic heterocycles. The minimum atomic E-state index is -0.972. The summed E-state index contributed by atoms with van der Waals surface area (Å²) in [5.41, 5.74) is 4.58. The number of hydrogen-bond acceptors (Lipinski definition) is 2. The Morgan fingerprint density at radius 1 is 1.83 bits per heavy atom. The SMILES string of the molecule is NC(=O)C[PH2]=O. The first-order valence-electron chi connectivity index (χ1n) is 1.49. The number of carbonyl (C=O) groups is 1. The molecule has 1 amide bonds. The van der Waals surface area contributed by atoms with Gasteiger partial charge in [0.25, 0.3) is 0 Å². The lowest BCUT2D eigenvalue weighted by molar-refractivity contribution is -0.115. The van der Waals surface area contributed by atoms with Crippen molar-refractivity contribution in [1.82, 2.24) is 0 Å². The highest BCUT2D eigenvalue weighted by atomic mass is 31.1. The van der Waals surface area contributed by atoms with E-state index in [1.165, 1.54) is 0 Å². The Balaban J connectivity index is 3.05. The van der Waals surface area contributed by atoms with Crippen LogP contribution in [-0.4, -0.2) is 12.1 Å². The van der Waals surface area contributed by atoms with Crippen molar-refractivity contribution in [1.29, 1.82) is 0 Å². The average Bonchev–Trinajstić information content (AvgIpc) is 1.35. The third kappa shape index (κ3) is 3.70. The van der Waals surface area contributed by atoms with Crippen LogP contribution in [0.5, 0.6) is 0 Å². The topological polar surface area (TPSA) is 60.2 Å². The summed E-state index contributed by atoms with van der Waals surface area (Å²) in [7, 11) is -0.972. The standard InChI is InChI=1S/C2H6NO2P/c3-2(4)1-6-5/h1,6H2,(H2,3,4). The van der Waals surface area contributed by atoms with Gasteiger partial charge in [0, 0.05) is 0 Å². The van der Waals surface area contributed by atoms with E-state index in [2.05, 4.69) is 5.73 Å². The van der Waals surface area contributed by atoms with Gasteiger partial charge >= 0.3 is 0 Å². The van der Waals surface area contributed by atoms with E-state index in [0.29, 0.717) is 0 Å². The van der Waals surface area contributed by atoms with Gasteiger partial charge in [0.2, 0.25) is 5.91 Å². The third-order valence-corrected chi connectivity index (χ3v) is 0.854. The number of amides is 1. The van der Waals surface area contributed by atoms with Gasteiger partial charge in [-0.3, -0.25) is 4.79 Å². The lowest BCUT2D eigenvalue weighted by Gasteiger charge is -1.74. The number of hydrogen-bond donors (Lipinski definition) is 1. The molecule has 0 aliphatic heterocycles. The Hall–Kier alpha value is -0.300. The Morgan fingerprint density at radius 2 is 2.33 bits per heavy atom. The fourth-order valence-corrected chi connectivity index (χ4v) is 0.246. The van der Waals surface area contributed by atoms with Crippen molar-refractivity contribution in [3.05, 3.63) is 0 Å². The normalized spacial score (nSPS) is 10.0. The van der Waals surface area contributed by atoms with Gasteiger partial charge in [-0.1, -0.05) is 0 Å². The molecule has 0 spiro atoms. The van der Waals surface area contributed by atoms with Crippen molar-refractivity contribution in [3.8, 4) is 0 Å². The zero-order chi connectivity index (χ0) is 4.99. The van der Waals surface area contributed by atoms with Crippen molar-refractivity contribution in [2.75, 3.05) is 6.16 Å². The molecule has 0 rings (SSSR count). The summed E-state index contributed by atoms with van der Waals surface area (Å²) in [5.74, 6) is -0.486. The second kappa shape index (κ2) is 2.91. The van der Waals surface area contributed by atoms with Crippen LogP contribution < -0.4 is 5.73 Å². The molecule has 6 heavy (non-hydrogen) atoms. The summed E-state index contributed by atoms with van der Waals surface area (Å²) in [5, 5.41) is 0. The molecule has 1 atom stereocenters. The predicted molar refractivity (Wildman–Crippen MR) is 24.5 cm³/mol. The van der Waals surface area contributed by atoms with Crippen LogP contribution in [0.4, 0.5) is 0 Å². The van der Waals surface area contributed by atoms with E-state index in [0.717, 1.165) is 0 Å². The molecular weight excluding hydrogens is 101 g/mol. The molecule has 0 radical (unpaired) electrons. The smallest absolute Gasteiger partial charge is 0.224 e. The Bertz CT molecular complexity index is 71.9. The molecule has 0 aromatic rings. The molecule has 1 unspecified atom stereocenters. The lowest BCUT2D eigenvalue weighted by atomic mass is 10.8. The van der Waals surface area contributed by atoms with Gasteiger partial charge in [0.05, 0.1) is 14.6 Å². The summed E-state index contributed by atoms with van der Waals surface area (Å²) in [4.78, 5) is 9.64. The van der Waals surface area contributed by atoms with E-state index in [9.17, 15) is 9.36 Å². The van der Waals surface area contributed by atoms with Crippen LogP contribution in [0.25, 0.3) is 0 Å². The first kappa shape index (κ1) is 5.70. The zero-order valence-corrected chi connectivity index (χ0v) is 4.33. The monoisotopic (exact) mass is 107 g/mol. The maximum absolute atomic E-state index is 9.64. The molecule has 0 aliphatic rings. The van der Waals surface area contributed by atoms with Crippen LogP contribution in [-0.2, 0) is 9.36 Å². The first-order valence-corrected chi connectivity index (χ1v) is 2.78. The molecule has 2 N–H and O–H groups in total. The van der Waals surface area contributed by atoms with E-state index in [1.54, 1.807) is 0 Å². The highest BCUT2D eigenvalue weighted by Gasteiger charge is 1.83. The quantitative estimate of drug-likeness (QED) is 0.471. The van der Waals surface area contributed by atoms with Crippen molar-refractivity contribution in [3.63, 3.8) is 0 Å². The lowest BCUT2D eigenvalue weighted by Crippen LogP contribution is -2.11. The Labute approximate surface area is 36.7 Å². The summed E-state index contributed by atoms with van der Waals surface area (Å²) in [6, 6.07) is 0. The summed E-state index contributed by atoms with van der Waals surface area (Å²) in [6.45, 7) is 0. The summed E-state index contributed by atoms with van der Waals surface area (Å²) in [6.07, 6.45) is 0.0417. The maximum Gasteiger partial charge on any atom is 0.224 e. The van der Waals surface area contributed by atoms with Crippen molar-refractivity contribution >= 4 is 14.4 Å². The van der Waals surface area contributed by atoms with Crippen molar-refractivity contribution in [2.45, 2.75) is 0 Å². The van der Waals surface area contributed by atoms with Gasteiger partial charge in [-0.05, 0) is 0 Å². The van der Waals surface area contributed by atoms with E-state index >= 15 is 0 Å². The molecule has 4 heteroatoms. The highest BCUT2D eigenvalue weighted by Crippen LogP contribution is 1.84.